The number of anilines is 3. The minimum atomic E-state index is -0.305. The summed E-state index contributed by atoms with van der Waals surface area (Å²) in [4.78, 5) is 2.71. The highest BCUT2D eigenvalue weighted by atomic mass is 16.3. The highest BCUT2D eigenvalue weighted by Gasteiger charge is 2.57. The fourth-order valence-electron chi connectivity index (χ4n) is 22.3. The van der Waals surface area contributed by atoms with Crippen molar-refractivity contribution in [2.75, 3.05) is 4.90 Å². The fraction of sp³-hybridized carbons (Fsp3) is 0.400. The molecule has 2 aromatic heterocycles. The zero-order valence-corrected chi connectivity index (χ0v) is 63.5. The Morgan fingerprint density at radius 1 is 0.301 bits per heavy atom. The van der Waals surface area contributed by atoms with Gasteiger partial charge in [0.05, 0.1) is 0 Å². The first-order valence-corrected chi connectivity index (χ1v) is 40.7. The molecule has 0 bridgehead atoms. The number of furan rings is 2. The van der Waals surface area contributed by atoms with Gasteiger partial charge < -0.3 is 13.7 Å². The summed E-state index contributed by atoms with van der Waals surface area (Å²) >= 11 is 0. The predicted molar refractivity (Wildman–Crippen MR) is 437 cm³/mol. The minimum absolute atomic E-state index is 0.146. The standard InChI is InChI=1S/C100H107NO2/c1-11-15-19-21-33-53-99-57-55-98(51-31-17-13-3,52-32-18-14-4)56-58-100(54-34-22-20-16-12-2)83-61-66(45-48-71(83)91-93(100)92(99)89(70-36-24-28-40-77(70)99)90-73-38-26-30-42-85(73)103-94(90)91)101(64-43-46-68-67-35-23-27-39-76(67)95(5,6)79(68)59-64)65-44-47-69-74-62-82-75(63-81(74)97(9,10)80(69)60-65)87-78(96(82,7)8)49-50-86-88(87)72-37-25-29-41-84(72)102-86/h23-30,35-50,59-63H,11-22,31-34,51-58H2,1-10H3. The van der Waals surface area contributed by atoms with Gasteiger partial charge in [0.15, 0.2) is 0 Å². The molecule has 6 aliphatic rings. The number of hydrogen-bond donors (Lipinski definition) is 0. The molecule has 0 radical (unpaired) electrons. The predicted octanol–water partition coefficient (Wildman–Crippen LogP) is 29.8. The van der Waals surface area contributed by atoms with Crippen molar-refractivity contribution in [3.05, 3.63) is 232 Å². The molecule has 0 saturated heterocycles. The normalized spacial score (nSPS) is 19.0. The quantitative estimate of drug-likeness (QED) is 0.0598. The van der Waals surface area contributed by atoms with E-state index in [-0.39, 0.29) is 32.5 Å². The summed E-state index contributed by atoms with van der Waals surface area (Å²) in [5.74, 6) is 0. The van der Waals surface area contributed by atoms with Gasteiger partial charge in [0.2, 0.25) is 0 Å². The van der Waals surface area contributed by atoms with Crippen LogP contribution in [0.15, 0.2) is 185 Å². The summed E-state index contributed by atoms with van der Waals surface area (Å²) in [6.07, 6.45) is 30.3. The van der Waals surface area contributed by atoms with Crippen LogP contribution in [0.4, 0.5) is 17.1 Å². The molecule has 3 heteroatoms. The van der Waals surface area contributed by atoms with Crippen LogP contribution < -0.4 is 4.90 Å². The van der Waals surface area contributed by atoms with Gasteiger partial charge in [0.25, 0.3) is 0 Å². The molecule has 2 atom stereocenters. The van der Waals surface area contributed by atoms with Crippen molar-refractivity contribution in [2.45, 2.75) is 250 Å². The third-order valence-corrected chi connectivity index (χ3v) is 27.8. The first-order valence-electron chi connectivity index (χ1n) is 40.7. The van der Waals surface area contributed by atoms with Crippen LogP contribution in [0.5, 0.6) is 0 Å². The van der Waals surface area contributed by atoms with Crippen molar-refractivity contribution < 1.29 is 8.83 Å². The summed E-state index contributed by atoms with van der Waals surface area (Å²) < 4.78 is 14.3. The zero-order chi connectivity index (χ0) is 70.4. The highest BCUT2D eigenvalue weighted by Crippen LogP contribution is 2.70. The van der Waals surface area contributed by atoms with E-state index in [4.69, 9.17) is 8.83 Å². The van der Waals surface area contributed by atoms with Gasteiger partial charge in [-0.1, -0.05) is 281 Å². The van der Waals surface area contributed by atoms with Crippen molar-refractivity contribution in [2.24, 2.45) is 5.41 Å². The second kappa shape index (κ2) is 25.2. The lowest BCUT2D eigenvalue weighted by molar-refractivity contribution is 0.154. The van der Waals surface area contributed by atoms with E-state index in [1.54, 1.807) is 22.3 Å². The largest absolute Gasteiger partial charge is 0.456 e. The Balaban J connectivity index is 0.884. The Kier molecular flexibility index (Phi) is 16.3. The van der Waals surface area contributed by atoms with Crippen molar-refractivity contribution in [1.82, 2.24) is 0 Å². The number of rotatable bonds is 23. The van der Waals surface area contributed by atoms with Crippen LogP contribution in [-0.4, -0.2) is 0 Å². The number of benzene rings is 10. The molecule has 103 heavy (non-hydrogen) atoms. The molecule has 0 amide bonds. The molecular weight excluding hydrogens is 1250 g/mol. The summed E-state index contributed by atoms with van der Waals surface area (Å²) in [7, 11) is 0. The topological polar surface area (TPSA) is 29.5 Å². The molecule has 6 aliphatic carbocycles. The maximum absolute atomic E-state index is 7.70. The van der Waals surface area contributed by atoms with E-state index in [2.05, 4.69) is 250 Å². The van der Waals surface area contributed by atoms with Gasteiger partial charge >= 0.3 is 0 Å². The number of unbranched alkanes of at least 4 members (excludes halogenated alkanes) is 12. The van der Waals surface area contributed by atoms with Crippen molar-refractivity contribution in [1.29, 1.82) is 0 Å². The van der Waals surface area contributed by atoms with E-state index in [0.717, 1.165) is 35.2 Å². The van der Waals surface area contributed by atoms with Crippen molar-refractivity contribution >= 4 is 60.9 Å². The number of para-hydroxylation sites is 2. The maximum Gasteiger partial charge on any atom is 0.144 e. The molecule has 2 unspecified atom stereocenters. The molecule has 10 aromatic carbocycles. The number of nitrogens with zero attached hydrogens (tertiary/aromatic N) is 1. The van der Waals surface area contributed by atoms with Crippen LogP contribution in [0.25, 0.3) is 99.5 Å². The molecule has 2 heterocycles. The van der Waals surface area contributed by atoms with Crippen LogP contribution in [0, 0.1) is 5.41 Å². The van der Waals surface area contributed by atoms with E-state index >= 15 is 0 Å². The van der Waals surface area contributed by atoms with E-state index in [0.29, 0.717) is 0 Å². The summed E-state index contributed by atoms with van der Waals surface area (Å²) in [6, 6.07) is 69.8. The zero-order valence-electron chi connectivity index (χ0n) is 63.5. The average molecular weight is 1350 g/mol. The van der Waals surface area contributed by atoms with Crippen LogP contribution in [0.1, 0.15) is 279 Å². The Morgan fingerprint density at radius 2 is 0.738 bits per heavy atom. The molecule has 18 rings (SSSR count). The van der Waals surface area contributed by atoms with Gasteiger partial charge in [-0.15, -0.1) is 0 Å². The highest BCUT2D eigenvalue weighted by molar-refractivity contribution is 6.21. The maximum atomic E-state index is 7.70. The van der Waals surface area contributed by atoms with Gasteiger partial charge in [-0.2, -0.15) is 0 Å². The van der Waals surface area contributed by atoms with E-state index < -0.39 is 0 Å². The first kappa shape index (κ1) is 66.5. The van der Waals surface area contributed by atoms with E-state index in [1.165, 1.54) is 269 Å². The second-order valence-electron chi connectivity index (χ2n) is 34.6. The van der Waals surface area contributed by atoms with Crippen LogP contribution in [-0.2, 0) is 27.1 Å². The molecule has 0 saturated carbocycles. The number of hydrogen-bond acceptors (Lipinski definition) is 3. The Labute approximate surface area is 613 Å². The van der Waals surface area contributed by atoms with Crippen molar-refractivity contribution in [3.63, 3.8) is 0 Å². The molecular formula is C100H107NO2. The van der Waals surface area contributed by atoms with Crippen LogP contribution >= 0.6 is 0 Å². The fourth-order valence-corrected chi connectivity index (χ4v) is 22.3. The summed E-state index contributed by atoms with van der Waals surface area (Å²) in [5.41, 5.74) is 35.6. The Hall–Kier alpha value is -8.40. The first-order chi connectivity index (χ1) is 50.1. The van der Waals surface area contributed by atoms with Crippen molar-refractivity contribution in [3.8, 4) is 55.6 Å². The average Bonchev–Trinajstić information content (AvgIpc) is 1.49. The van der Waals surface area contributed by atoms with Gasteiger partial charge in [-0.3, -0.25) is 0 Å². The molecule has 0 aliphatic heterocycles. The minimum Gasteiger partial charge on any atom is -0.456 e. The third-order valence-electron chi connectivity index (χ3n) is 27.8. The lowest BCUT2D eigenvalue weighted by Gasteiger charge is -2.40. The monoisotopic (exact) mass is 1350 g/mol. The molecule has 524 valence electrons. The van der Waals surface area contributed by atoms with Gasteiger partial charge in [-0.05, 0) is 229 Å². The summed E-state index contributed by atoms with van der Waals surface area (Å²) in [5, 5.41) is 5.05. The molecule has 0 fully saturated rings. The molecule has 3 nitrogen and oxygen atoms in total. The number of fused-ring (bicyclic) bond motifs is 24. The third kappa shape index (κ3) is 9.90. The van der Waals surface area contributed by atoms with Crippen LogP contribution in [0.3, 0.4) is 0 Å². The van der Waals surface area contributed by atoms with Gasteiger partial charge in [0.1, 0.15) is 22.3 Å². The molecule has 0 N–H and O–H groups in total. The SMILES string of the molecule is CCCCCCCC12CCC(CCCCC)(CCCCC)CCC3(CCCCCCC)c4ccccc4-c4c3c1c(c1oc3ccccc3c41)-c1ccc(N(c3ccc4c(c3)C(C)(C)c3ccccc3-4)c3ccc4c(c3)C(C)(C)c3cc5c(cc3-4)C(C)(C)c3ccc4oc6ccccc6c4c3-5)cc12. The van der Waals surface area contributed by atoms with Crippen LogP contribution in [0.2, 0.25) is 0 Å². The second-order valence-corrected chi connectivity index (χ2v) is 34.6. The Bertz CT molecular complexity index is 5350. The van der Waals surface area contributed by atoms with E-state index in [9.17, 15) is 0 Å². The summed E-state index contributed by atoms with van der Waals surface area (Å²) in [6.45, 7) is 24.4. The molecule has 0 spiro atoms. The van der Waals surface area contributed by atoms with Gasteiger partial charge in [0, 0.05) is 71.2 Å². The van der Waals surface area contributed by atoms with E-state index in [1.807, 2.05) is 0 Å². The smallest absolute Gasteiger partial charge is 0.144 e. The Morgan fingerprint density at radius 3 is 1.38 bits per heavy atom. The molecule has 12 aromatic rings. The lowest BCUT2D eigenvalue weighted by atomic mass is 9.64. The van der Waals surface area contributed by atoms with Gasteiger partial charge in [-0.25, -0.2) is 0 Å². The lowest BCUT2D eigenvalue weighted by Crippen LogP contribution is -2.32.